The van der Waals surface area contributed by atoms with Crippen LogP contribution in [0.5, 0.6) is 0 Å². The fraction of sp³-hybridized carbons (Fsp3) is 1.00. The van der Waals surface area contributed by atoms with Crippen molar-refractivity contribution >= 4 is 21.0 Å². The average molecular weight is 284 g/mol. The van der Waals surface area contributed by atoms with E-state index in [4.69, 9.17) is 0 Å². The predicted molar refractivity (Wildman–Crippen MR) is 48.0 cm³/mol. The number of nitrogens with one attached hydrogen (secondary N) is 2. The molecule has 1 aliphatic heterocycles. The van der Waals surface area contributed by atoms with Crippen LogP contribution >= 0.6 is 0 Å². The van der Waals surface area contributed by atoms with Crippen LogP contribution in [-0.4, -0.2) is 43.0 Å². The quantitative estimate of drug-likeness (QED) is 0.367. The largest absolute Gasteiger partial charge is 0.465 e. The van der Waals surface area contributed by atoms with Crippen LogP contribution in [0.15, 0.2) is 0 Å². The monoisotopic (exact) mass is 284 g/mol. The van der Waals surface area contributed by atoms with Crippen LogP contribution < -0.4 is 10.6 Å². The topological polar surface area (TPSA) is 111 Å². The Morgan fingerprint density at radius 1 is 0.750 bits per heavy atom. The summed E-state index contributed by atoms with van der Waals surface area (Å²) in [5.41, 5.74) is 0. The molecule has 0 spiro atoms. The summed E-state index contributed by atoms with van der Waals surface area (Å²) < 4.78 is 64.0. The Labute approximate surface area is 91.7 Å². The van der Waals surface area contributed by atoms with Crippen LogP contribution in [0, 0.1) is 0 Å². The van der Waals surface area contributed by atoms with Gasteiger partial charge in [0.05, 0.1) is 0 Å². The lowest BCUT2D eigenvalue weighted by Gasteiger charge is -2.11. The molecule has 1 saturated heterocycles. The van der Waals surface area contributed by atoms with Gasteiger partial charge in [-0.3, -0.25) is 0 Å². The normalized spacial score (nSPS) is 17.4. The molecule has 12 heteroatoms. The zero-order valence-electron chi connectivity index (χ0n) is 7.85. The first-order valence-electron chi connectivity index (χ1n) is 3.89. The van der Waals surface area contributed by atoms with Crippen LogP contribution in [-0.2, 0) is 29.7 Å². The van der Waals surface area contributed by atoms with Gasteiger partial charge in [0.2, 0.25) is 0 Å². The van der Waals surface area contributed by atoms with E-state index in [0.29, 0.717) is 0 Å². The lowest BCUT2D eigenvalue weighted by Crippen LogP contribution is -2.39. The molecule has 0 aliphatic carbocycles. The van der Waals surface area contributed by atoms with Crippen LogP contribution in [0.1, 0.15) is 0 Å². The minimum Gasteiger partial charge on any atom is -0.314 e. The molecule has 1 aliphatic rings. The van der Waals surface area contributed by atoms with E-state index in [-0.39, 0.29) is 0 Å². The van der Waals surface area contributed by atoms with E-state index in [1.807, 2.05) is 0 Å². The standard InChI is InChI=1S/C4H10N2.F2O6S2/c1-2-6-4-3-5-1;1-9(3,4)7-8-10(2,5)6/h5-6H,1-4H2;. The van der Waals surface area contributed by atoms with Gasteiger partial charge in [-0.25, -0.2) is 0 Å². The maximum atomic E-state index is 11.1. The van der Waals surface area contributed by atoms with Gasteiger partial charge in [0, 0.05) is 26.2 Å². The van der Waals surface area contributed by atoms with Crippen LogP contribution in [0.2, 0.25) is 0 Å². The summed E-state index contributed by atoms with van der Waals surface area (Å²) in [5, 5.41) is 6.44. The molecule has 0 aromatic carbocycles. The van der Waals surface area contributed by atoms with Gasteiger partial charge in [0.25, 0.3) is 0 Å². The summed E-state index contributed by atoms with van der Waals surface area (Å²) in [7, 11) is -11.2. The van der Waals surface area contributed by atoms with Gasteiger partial charge in [-0.2, -0.15) is 16.8 Å². The molecular weight excluding hydrogens is 274 g/mol. The summed E-state index contributed by atoms with van der Waals surface area (Å²) in [4.78, 5) is 0. The van der Waals surface area contributed by atoms with Crippen molar-refractivity contribution in [2.45, 2.75) is 0 Å². The number of hydrogen-bond donors (Lipinski definition) is 2. The van der Waals surface area contributed by atoms with E-state index in [1.54, 1.807) is 0 Å². The van der Waals surface area contributed by atoms with E-state index >= 15 is 0 Å². The Morgan fingerprint density at radius 3 is 1.12 bits per heavy atom. The van der Waals surface area contributed by atoms with E-state index in [1.165, 1.54) is 0 Å². The van der Waals surface area contributed by atoms with Crippen molar-refractivity contribution < 1.29 is 33.3 Å². The summed E-state index contributed by atoms with van der Waals surface area (Å²) in [6.45, 7) is 4.56. The third-order valence-electron chi connectivity index (χ3n) is 1.15. The van der Waals surface area contributed by atoms with Crippen molar-refractivity contribution in [1.82, 2.24) is 10.6 Å². The molecule has 0 bridgehead atoms. The molecule has 1 rings (SSSR count). The third kappa shape index (κ3) is 13.6. The van der Waals surface area contributed by atoms with E-state index in [9.17, 15) is 24.6 Å². The molecule has 0 unspecified atom stereocenters. The molecule has 1 heterocycles. The molecule has 2 N–H and O–H groups in total. The van der Waals surface area contributed by atoms with Crippen molar-refractivity contribution in [2.24, 2.45) is 0 Å². The highest BCUT2D eigenvalue weighted by Crippen LogP contribution is 2.00. The fourth-order valence-corrected chi connectivity index (χ4v) is 1.20. The zero-order chi connectivity index (χ0) is 12.7. The Bertz CT molecular complexity index is 334. The van der Waals surface area contributed by atoms with Gasteiger partial charge in [0.15, 0.2) is 0 Å². The second-order valence-corrected chi connectivity index (χ2v) is 4.27. The Kier molecular flexibility index (Phi) is 6.85. The molecule has 0 radical (unpaired) electrons. The van der Waals surface area contributed by atoms with Crippen LogP contribution in [0.4, 0.5) is 7.77 Å². The Hall–Kier alpha value is -0.400. The summed E-state index contributed by atoms with van der Waals surface area (Å²) in [6, 6.07) is 0. The fourth-order valence-electron chi connectivity index (χ4n) is 0.670. The maximum Gasteiger partial charge on any atom is 0.465 e. The van der Waals surface area contributed by atoms with Gasteiger partial charge < -0.3 is 10.6 Å². The molecule has 8 nitrogen and oxygen atoms in total. The van der Waals surface area contributed by atoms with Gasteiger partial charge in [-0.1, -0.05) is 16.4 Å². The number of halogens is 2. The highest BCUT2D eigenvalue weighted by Gasteiger charge is 2.17. The Balaban J connectivity index is 0.000000315. The number of rotatable bonds is 3. The van der Waals surface area contributed by atoms with Gasteiger partial charge in [-0.05, 0) is 0 Å². The highest BCUT2D eigenvalue weighted by atomic mass is 32.3. The number of piperazine rings is 1. The van der Waals surface area contributed by atoms with Crippen molar-refractivity contribution in [1.29, 1.82) is 0 Å². The van der Waals surface area contributed by atoms with Crippen molar-refractivity contribution in [3.63, 3.8) is 0 Å². The second-order valence-electron chi connectivity index (χ2n) is 2.42. The predicted octanol–water partition coefficient (Wildman–Crippen LogP) is -1.46. The molecule has 98 valence electrons. The van der Waals surface area contributed by atoms with Gasteiger partial charge in [0.1, 0.15) is 0 Å². The first kappa shape index (κ1) is 15.6. The van der Waals surface area contributed by atoms with Crippen LogP contribution in [0.25, 0.3) is 0 Å². The first-order valence-corrected chi connectivity index (χ1v) is 6.51. The van der Waals surface area contributed by atoms with Crippen LogP contribution in [0.3, 0.4) is 0 Å². The van der Waals surface area contributed by atoms with Crippen molar-refractivity contribution in [3.8, 4) is 0 Å². The van der Waals surface area contributed by atoms with Gasteiger partial charge >= 0.3 is 21.0 Å². The Morgan fingerprint density at radius 2 is 1.00 bits per heavy atom. The molecular formula is C4H10F2N2O6S2. The van der Waals surface area contributed by atoms with E-state index in [0.717, 1.165) is 26.2 Å². The summed E-state index contributed by atoms with van der Waals surface area (Å²) >= 11 is 0. The number of hydrogen-bond acceptors (Lipinski definition) is 8. The highest BCUT2D eigenvalue weighted by molar-refractivity contribution is 7.83. The zero-order valence-corrected chi connectivity index (χ0v) is 9.48. The smallest absolute Gasteiger partial charge is 0.314 e. The SMILES string of the molecule is C1CNCCN1.O=S(=O)(F)OOS(=O)(=O)F. The minimum atomic E-state index is -5.60. The second kappa shape index (κ2) is 7.03. The lowest BCUT2D eigenvalue weighted by atomic mass is 10.4. The summed E-state index contributed by atoms with van der Waals surface area (Å²) in [5.74, 6) is 0. The minimum absolute atomic E-state index is 1.14. The molecule has 0 saturated carbocycles. The lowest BCUT2D eigenvalue weighted by molar-refractivity contribution is -0.0968. The van der Waals surface area contributed by atoms with Crippen molar-refractivity contribution in [2.75, 3.05) is 26.2 Å². The average Bonchev–Trinajstić information content (AvgIpc) is 2.17. The molecule has 1 fully saturated rings. The molecule has 16 heavy (non-hydrogen) atoms. The van der Waals surface area contributed by atoms with E-state index in [2.05, 4.69) is 19.3 Å². The van der Waals surface area contributed by atoms with E-state index < -0.39 is 21.0 Å². The summed E-state index contributed by atoms with van der Waals surface area (Å²) in [6.07, 6.45) is 0. The maximum absolute atomic E-state index is 11.1. The first-order chi connectivity index (χ1) is 7.21. The molecule has 0 amide bonds. The molecule has 0 atom stereocenters. The molecule has 0 aromatic rings. The van der Waals surface area contributed by atoms with Crippen molar-refractivity contribution in [3.05, 3.63) is 0 Å². The third-order valence-corrected chi connectivity index (χ3v) is 1.69. The molecule has 0 aromatic heterocycles. The van der Waals surface area contributed by atoms with Gasteiger partial charge in [-0.15, -0.1) is 0 Å².